The molecule has 0 fully saturated rings. The van der Waals surface area contributed by atoms with Crippen LogP contribution in [0.2, 0.25) is 5.02 Å². The molecule has 0 aliphatic carbocycles. The van der Waals surface area contributed by atoms with Crippen molar-refractivity contribution in [2.75, 3.05) is 6.61 Å². The van der Waals surface area contributed by atoms with Gasteiger partial charge in [-0.15, -0.1) is 0 Å². The van der Waals surface area contributed by atoms with Crippen molar-refractivity contribution in [3.05, 3.63) is 64.3 Å². The first kappa shape index (κ1) is 19.4. The minimum Gasteiger partial charge on any atom is -0.494 e. The largest absolute Gasteiger partial charge is 0.494 e. The Labute approximate surface area is 163 Å². The molecule has 0 saturated carbocycles. The summed E-state index contributed by atoms with van der Waals surface area (Å²) < 4.78 is 25.1. The fourth-order valence-electron chi connectivity index (χ4n) is 2.87. The fourth-order valence-corrected chi connectivity index (χ4v) is 3.12. The molecule has 0 radical (unpaired) electrons. The van der Waals surface area contributed by atoms with Crippen molar-refractivity contribution in [2.24, 2.45) is 0 Å². The summed E-state index contributed by atoms with van der Waals surface area (Å²) in [6.07, 6.45) is 0.439. The van der Waals surface area contributed by atoms with Gasteiger partial charge in [0.2, 0.25) is 11.7 Å². The minimum atomic E-state index is -0.481. The zero-order valence-corrected chi connectivity index (χ0v) is 16.6. The molecule has 0 aliphatic heterocycles. The average molecular weight is 389 g/mol. The maximum atomic E-state index is 14.1. The van der Waals surface area contributed by atoms with E-state index in [0.717, 1.165) is 16.9 Å². The second-order valence-corrected chi connectivity index (χ2v) is 7.71. The molecule has 142 valence electrons. The Hall–Kier alpha value is -2.40. The second kappa shape index (κ2) is 7.69. The zero-order valence-electron chi connectivity index (χ0n) is 15.8. The van der Waals surface area contributed by atoms with E-state index in [-0.39, 0.29) is 21.8 Å². The van der Waals surface area contributed by atoms with Gasteiger partial charge in [0.1, 0.15) is 11.6 Å². The molecule has 27 heavy (non-hydrogen) atoms. The highest BCUT2D eigenvalue weighted by Gasteiger charge is 2.21. The van der Waals surface area contributed by atoms with Crippen molar-refractivity contribution in [1.82, 2.24) is 10.1 Å². The van der Waals surface area contributed by atoms with E-state index in [4.69, 9.17) is 20.9 Å². The van der Waals surface area contributed by atoms with Crippen molar-refractivity contribution in [3.8, 4) is 17.1 Å². The topological polar surface area (TPSA) is 48.2 Å². The predicted octanol–water partition coefficient (Wildman–Crippen LogP) is 5.82. The molecule has 0 saturated heterocycles. The van der Waals surface area contributed by atoms with Gasteiger partial charge in [-0.1, -0.05) is 55.7 Å². The van der Waals surface area contributed by atoms with Crippen molar-refractivity contribution in [3.63, 3.8) is 0 Å². The molecule has 0 aliphatic rings. The molecule has 3 rings (SSSR count). The van der Waals surface area contributed by atoms with Gasteiger partial charge in [-0.3, -0.25) is 0 Å². The van der Waals surface area contributed by atoms with Crippen LogP contribution in [-0.2, 0) is 11.8 Å². The first-order valence-electron chi connectivity index (χ1n) is 8.82. The molecule has 3 aromatic rings. The van der Waals surface area contributed by atoms with Gasteiger partial charge in [0.15, 0.2) is 0 Å². The molecular formula is C21H22ClFN2O2. The summed E-state index contributed by atoms with van der Waals surface area (Å²) >= 11 is 6.08. The van der Waals surface area contributed by atoms with E-state index in [1.807, 2.05) is 19.1 Å². The summed E-state index contributed by atoms with van der Waals surface area (Å²) in [5, 5.41) is 4.14. The van der Waals surface area contributed by atoms with E-state index in [0.29, 0.717) is 18.9 Å². The molecule has 0 amide bonds. The maximum Gasteiger partial charge on any atom is 0.231 e. The smallest absolute Gasteiger partial charge is 0.231 e. The number of ether oxygens (including phenoxy) is 1. The second-order valence-electron chi connectivity index (χ2n) is 7.30. The standard InChI is InChI=1S/C21H22ClFN2O2/c1-5-26-17-10-9-13(11-14(17)21(2,3)4)12-18-24-20(25-27-18)19-15(22)7-6-8-16(19)23/h6-11H,5,12H2,1-4H3. The Morgan fingerprint density at radius 2 is 1.96 bits per heavy atom. The van der Waals surface area contributed by atoms with Crippen LogP contribution in [-0.4, -0.2) is 16.7 Å². The summed E-state index contributed by atoms with van der Waals surface area (Å²) in [6, 6.07) is 10.5. The van der Waals surface area contributed by atoms with Crippen LogP contribution < -0.4 is 4.74 Å². The van der Waals surface area contributed by atoms with Crippen molar-refractivity contribution in [1.29, 1.82) is 0 Å². The van der Waals surface area contributed by atoms with Gasteiger partial charge in [0.05, 0.1) is 23.6 Å². The maximum absolute atomic E-state index is 14.1. The van der Waals surface area contributed by atoms with Gasteiger partial charge in [0.25, 0.3) is 0 Å². The quantitative estimate of drug-likeness (QED) is 0.552. The zero-order chi connectivity index (χ0) is 19.6. The summed E-state index contributed by atoms with van der Waals surface area (Å²) in [6.45, 7) is 8.99. The van der Waals surface area contributed by atoms with E-state index in [1.54, 1.807) is 6.07 Å². The van der Waals surface area contributed by atoms with Gasteiger partial charge in [-0.05, 0) is 41.7 Å². The van der Waals surface area contributed by atoms with Crippen molar-refractivity contribution in [2.45, 2.75) is 39.5 Å². The number of benzene rings is 2. The molecular weight excluding hydrogens is 367 g/mol. The van der Waals surface area contributed by atoms with Crippen LogP contribution in [0.3, 0.4) is 0 Å². The molecule has 0 atom stereocenters. The molecule has 0 unspecified atom stereocenters. The molecule has 0 spiro atoms. The number of halogens is 2. The number of nitrogens with zero attached hydrogens (tertiary/aromatic N) is 2. The first-order chi connectivity index (χ1) is 12.8. The fraction of sp³-hybridized carbons (Fsp3) is 0.333. The van der Waals surface area contributed by atoms with Gasteiger partial charge in [-0.2, -0.15) is 4.98 Å². The van der Waals surface area contributed by atoms with E-state index in [1.165, 1.54) is 12.1 Å². The monoisotopic (exact) mass is 388 g/mol. The number of rotatable bonds is 5. The third kappa shape index (κ3) is 4.30. The van der Waals surface area contributed by atoms with Crippen LogP contribution in [0.1, 0.15) is 44.7 Å². The first-order valence-corrected chi connectivity index (χ1v) is 9.20. The molecule has 4 nitrogen and oxygen atoms in total. The molecule has 2 aromatic carbocycles. The summed E-state index contributed by atoms with van der Waals surface area (Å²) in [4.78, 5) is 4.31. The highest BCUT2D eigenvalue weighted by molar-refractivity contribution is 6.33. The predicted molar refractivity (Wildman–Crippen MR) is 104 cm³/mol. The van der Waals surface area contributed by atoms with E-state index < -0.39 is 5.82 Å². The Bertz CT molecular complexity index is 927. The summed E-state index contributed by atoms with van der Waals surface area (Å²) in [7, 11) is 0. The highest BCUT2D eigenvalue weighted by atomic mass is 35.5. The number of hydrogen-bond donors (Lipinski definition) is 0. The Morgan fingerprint density at radius 3 is 2.63 bits per heavy atom. The van der Waals surface area contributed by atoms with Crippen LogP contribution in [0.25, 0.3) is 11.4 Å². The Balaban J connectivity index is 1.90. The molecule has 0 N–H and O–H groups in total. The van der Waals surface area contributed by atoms with Crippen molar-refractivity contribution < 1.29 is 13.7 Å². The normalized spacial score (nSPS) is 11.6. The lowest BCUT2D eigenvalue weighted by Crippen LogP contribution is -2.14. The van der Waals surface area contributed by atoms with Gasteiger partial charge < -0.3 is 9.26 Å². The van der Waals surface area contributed by atoms with Crippen LogP contribution >= 0.6 is 11.6 Å². The number of hydrogen-bond acceptors (Lipinski definition) is 4. The van der Waals surface area contributed by atoms with Crippen LogP contribution in [0.4, 0.5) is 4.39 Å². The van der Waals surface area contributed by atoms with Gasteiger partial charge in [-0.25, -0.2) is 4.39 Å². The third-order valence-electron chi connectivity index (χ3n) is 4.16. The van der Waals surface area contributed by atoms with Crippen LogP contribution in [0.5, 0.6) is 5.75 Å². The molecule has 0 bridgehead atoms. The Kier molecular flexibility index (Phi) is 5.51. The molecule has 6 heteroatoms. The lowest BCUT2D eigenvalue weighted by molar-refractivity contribution is 0.329. The van der Waals surface area contributed by atoms with E-state index in [2.05, 4.69) is 37.0 Å². The van der Waals surface area contributed by atoms with Crippen LogP contribution in [0, 0.1) is 5.82 Å². The SMILES string of the molecule is CCOc1ccc(Cc2nc(-c3c(F)cccc3Cl)no2)cc1C(C)(C)C. The van der Waals surface area contributed by atoms with Crippen LogP contribution in [0.15, 0.2) is 40.9 Å². The van der Waals surface area contributed by atoms with E-state index in [9.17, 15) is 4.39 Å². The van der Waals surface area contributed by atoms with E-state index >= 15 is 0 Å². The summed E-state index contributed by atoms with van der Waals surface area (Å²) in [5.41, 5.74) is 2.20. The lowest BCUT2D eigenvalue weighted by atomic mass is 9.85. The third-order valence-corrected chi connectivity index (χ3v) is 4.48. The van der Waals surface area contributed by atoms with Gasteiger partial charge in [0, 0.05) is 0 Å². The number of aromatic nitrogens is 2. The molecule has 1 heterocycles. The van der Waals surface area contributed by atoms with Crippen molar-refractivity contribution >= 4 is 11.6 Å². The minimum absolute atomic E-state index is 0.0682. The molecule has 1 aromatic heterocycles. The Morgan fingerprint density at radius 1 is 1.19 bits per heavy atom. The highest BCUT2D eigenvalue weighted by Crippen LogP contribution is 2.33. The summed E-state index contributed by atoms with van der Waals surface area (Å²) in [5.74, 6) is 0.937. The average Bonchev–Trinajstić information content (AvgIpc) is 3.03. The lowest BCUT2D eigenvalue weighted by Gasteiger charge is -2.23. The van der Waals surface area contributed by atoms with Gasteiger partial charge >= 0.3 is 0 Å².